The van der Waals surface area contributed by atoms with Crippen LogP contribution in [0.1, 0.15) is 23.3 Å². The fourth-order valence-electron chi connectivity index (χ4n) is 1.89. The quantitative estimate of drug-likeness (QED) is 0.765. The van der Waals surface area contributed by atoms with Crippen molar-refractivity contribution >= 4 is 28.5 Å². The summed E-state index contributed by atoms with van der Waals surface area (Å²) in [4.78, 5) is 26.1. The SMILES string of the molecule is O=C(Nc1ccc(C(=O)O)nc1)NC1CCS(=O)CC1. The van der Waals surface area contributed by atoms with Crippen LogP contribution in [0.3, 0.4) is 0 Å². The molecule has 2 amide bonds. The Labute approximate surface area is 118 Å². The third kappa shape index (κ3) is 4.02. The molecule has 2 rings (SSSR count). The second-order valence-electron chi connectivity index (χ2n) is 4.46. The van der Waals surface area contributed by atoms with E-state index in [-0.39, 0.29) is 17.8 Å². The first-order chi connectivity index (χ1) is 9.54. The number of amides is 2. The van der Waals surface area contributed by atoms with Gasteiger partial charge in [0.15, 0.2) is 0 Å². The topological polar surface area (TPSA) is 108 Å². The highest BCUT2D eigenvalue weighted by atomic mass is 32.2. The van der Waals surface area contributed by atoms with Crippen LogP contribution in [0.25, 0.3) is 0 Å². The van der Waals surface area contributed by atoms with Crippen molar-refractivity contribution in [1.29, 1.82) is 0 Å². The first kappa shape index (κ1) is 14.4. The maximum absolute atomic E-state index is 11.7. The van der Waals surface area contributed by atoms with E-state index in [2.05, 4.69) is 15.6 Å². The van der Waals surface area contributed by atoms with Crippen LogP contribution in [0.15, 0.2) is 18.3 Å². The van der Waals surface area contributed by atoms with Crippen LogP contribution in [0.4, 0.5) is 10.5 Å². The maximum Gasteiger partial charge on any atom is 0.354 e. The minimum atomic E-state index is -1.11. The number of hydrogen-bond donors (Lipinski definition) is 3. The van der Waals surface area contributed by atoms with Gasteiger partial charge in [-0.2, -0.15) is 0 Å². The van der Waals surface area contributed by atoms with E-state index < -0.39 is 16.8 Å². The summed E-state index contributed by atoms with van der Waals surface area (Å²) in [6.45, 7) is 0. The Kier molecular flexibility index (Phi) is 4.67. The molecule has 0 radical (unpaired) electrons. The van der Waals surface area contributed by atoms with Crippen LogP contribution in [0.2, 0.25) is 0 Å². The second-order valence-corrected chi connectivity index (χ2v) is 6.15. The van der Waals surface area contributed by atoms with Crippen molar-refractivity contribution in [2.24, 2.45) is 0 Å². The molecule has 0 aliphatic carbocycles. The van der Waals surface area contributed by atoms with Gasteiger partial charge in [0.25, 0.3) is 0 Å². The molecule has 1 aliphatic rings. The van der Waals surface area contributed by atoms with Gasteiger partial charge < -0.3 is 15.7 Å². The van der Waals surface area contributed by atoms with E-state index in [4.69, 9.17) is 5.11 Å². The van der Waals surface area contributed by atoms with Gasteiger partial charge in [-0.25, -0.2) is 14.6 Å². The Bertz CT molecular complexity index is 522. The third-order valence-corrected chi connectivity index (χ3v) is 4.35. The molecule has 0 unspecified atom stereocenters. The molecule has 1 fully saturated rings. The molecule has 108 valence electrons. The summed E-state index contributed by atoms with van der Waals surface area (Å²) in [7, 11) is -0.758. The summed E-state index contributed by atoms with van der Waals surface area (Å²) < 4.78 is 11.2. The van der Waals surface area contributed by atoms with Gasteiger partial charge in [-0.1, -0.05) is 0 Å². The van der Waals surface area contributed by atoms with Crippen molar-refractivity contribution in [3.05, 3.63) is 24.0 Å². The molecule has 3 N–H and O–H groups in total. The zero-order chi connectivity index (χ0) is 14.5. The Morgan fingerprint density at radius 1 is 1.30 bits per heavy atom. The van der Waals surface area contributed by atoms with Crippen molar-refractivity contribution < 1.29 is 18.9 Å². The summed E-state index contributed by atoms with van der Waals surface area (Å²) >= 11 is 0. The highest BCUT2D eigenvalue weighted by Gasteiger charge is 2.19. The Morgan fingerprint density at radius 3 is 2.55 bits per heavy atom. The van der Waals surface area contributed by atoms with E-state index in [1.165, 1.54) is 18.3 Å². The molecule has 1 aromatic heterocycles. The minimum absolute atomic E-state index is 0.0268. The lowest BCUT2D eigenvalue weighted by atomic mass is 10.2. The zero-order valence-electron chi connectivity index (χ0n) is 10.7. The molecule has 1 aromatic rings. The number of carboxylic acids is 1. The first-order valence-electron chi connectivity index (χ1n) is 6.16. The van der Waals surface area contributed by atoms with Gasteiger partial charge in [0.2, 0.25) is 0 Å². The number of pyridine rings is 1. The molecule has 0 spiro atoms. The summed E-state index contributed by atoms with van der Waals surface area (Å²) in [6, 6.07) is 2.46. The van der Waals surface area contributed by atoms with Crippen LogP contribution < -0.4 is 10.6 Å². The molecule has 7 nitrogen and oxygen atoms in total. The van der Waals surface area contributed by atoms with E-state index in [1.807, 2.05) is 0 Å². The van der Waals surface area contributed by atoms with Gasteiger partial charge in [0.1, 0.15) is 5.69 Å². The number of carboxylic acid groups (broad SMARTS) is 1. The number of nitrogens with one attached hydrogen (secondary N) is 2. The maximum atomic E-state index is 11.7. The average Bonchev–Trinajstić information content (AvgIpc) is 2.42. The predicted molar refractivity (Wildman–Crippen MR) is 74.2 cm³/mol. The molecule has 0 atom stereocenters. The van der Waals surface area contributed by atoms with Gasteiger partial charge in [-0.05, 0) is 25.0 Å². The number of carbonyl (C=O) groups excluding carboxylic acids is 1. The number of anilines is 1. The smallest absolute Gasteiger partial charge is 0.354 e. The molecule has 8 heteroatoms. The standard InChI is InChI=1S/C12H15N3O4S/c16-11(17)10-2-1-9(7-13-10)15-12(18)14-8-3-5-20(19)6-4-8/h1-2,7-8H,3-6H2,(H,16,17)(H2,14,15,18). The lowest BCUT2D eigenvalue weighted by Gasteiger charge is -2.22. The molecule has 0 bridgehead atoms. The first-order valence-corrected chi connectivity index (χ1v) is 7.65. The van der Waals surface area contributed by atoms with Crippen LogP contribution in [-0.2, 0) is 10.8 Å². The Hall–Kier alpha value is -1.96. The molecular weight excluding hydrogens is 282 g/mol. The minimum Gasteiger partial charge on any atom is -0.477 e. The Morgan fingerprint density at radius 2 is 2.00 bits per heavy atom. The van der Waals surface area contributed by atoms with Gasteiger partial charge >= 0.3 is 12.0 Å². The number of urea groups is 1. The summed E-state index contributed by atoms with van der Waals surface area (Å²) in [5.74, 6) is 0.107. The van der Waals surface area contributed by atoms with Crippen molar-refractivity contribution in [3.8, 4) is 0 Å². The normalized spacial score (nSPS) is 22.0. The average molecular weight is 297 g/mol. The molecule has 1 saturated heterocycles. The van der Waals surface area contributed by atoms with Crippen molar-refractivity contribution in [1.82, 2.24) is 10.3 Å². The van der Waals surface area contributed by atoms with Crippen LogP contribution in [0.5, 0.6) is 0 Å². The van der Waals surface area contributed by atoms with Crippen LogP contribution >= 0.6 is 0 Å². The van der Waals surface area contributed by atoms with Gasteiger partial charge in [0, 0.05) is 28.3 Å². The van der Waals surface area contributed by atoms with Crippen molar-refractivity contribution in [2.45, 2.75) is 18.9 Å². The number of nitrogens with zero attached hydrogens (tertiary/aromatic N) is 1. The third-order valence-electron chi connectivity index (χ3n) is 2.96. The zero-order valence-corrected chi connectivity index (χ0v) is 11.5. The largest absolute Gasteiger partial charge is 0.477 e. The van der Waals surface area contributed by atoms with E-state index in [0.29, 0.717) is 30.0 Å². The lowest BCUT2D eigenvalue weighted by molar-refractivity contribution is 0.0690. The summed E-state index contributed by atoms with van der Waals surface area (Å²) in [6.07, 6.45) is 2.70. The summed E-state index contributed by atoms with van der Waals surface area (Å²) in [5.41, 5.74) is 0.345. The molecule has 2 heterocycles. The van der Waals surface area contributed by atoms with Crippen molar-refractivity contribution in [3.63, 3.8) is 0 Å². The second kappa shape index (κ2) is 6.47. The van der Waals surface area contributed by atoms with E-state index >= 15 is 0 Å². The number of rotatable bonds is 3. The molecule has 0 aromatic carbocycles. The molecule has 0 saturated carbocycles. The monoisotopic (exact) mass is 297 g/mol. The van der Waals surface area contributed by atoms with Crippen LogP contribution in [0, 0.1) is 0 Å². The lowest BCUT2D eigenvalue weighted by Crippen LogP contribution is -2.41. The number of aromatic carboxylic acids is 1. The van der Waals surface area contributed by atoms with Crippen LogP contribution in [-0.4, -0.2) is 43.8 Å². The summed E-state index contributed by atoms with van der Waals surface area (Å²) in [5, 5.41) is 14.1. The molecule has 1 aliphatic heterocycles. The predicted octanol–water partition coefficient (Wildman–Crippen LogP) is 0.812. The number of aromatic nitrogens is 1. The number of hydrogen-bond acceptors (Lipinski definition) is 4. The fourth-order valence-corrected chi connectivity index (χ4v) is 3.18. The molecular formula is C12H15N3O4S. The molecule has 20 heavy (non-hydrogen) atoms. The fraction of sp³-hybridized carbons (Fsp3) is 0.417. The highest BCUT2D eigenvalue weighted by Crippen LogP contribution is 2.10. The van der Waals surface area contributed by atoms with Gasteiger partial charge in [0.05, 0.1) is 11.9 Å². The van der Waals surface area contributed by atoms with Gasteiger partial charge in [-0.15, -0.1) is 0 Å². The number of carbonyl (C=O) groups is 2. The highest BCUT2D eigenvalue weighted by molar-refractivity contribution is 7.85. The van der Waals surface area contributed by atoms with E-state index in [1.54, 1.807) is 0 Å². The van der Waals surface area contributed by atoms with E-state index in [0.717, 1.165) is 0 Å². The van der Waals surface area contributed by atoms with Crippen molar-refractivity contribution in [2.75, 3.05) is 16.8 Å². The Balaban J connectivity index is 1.85. The van der Waals surface area contributed by atoms with E-state index in [9.17, 15) is 13.8 Å². The van der Waals surface area contributed by atoms with Gasteiger partial charge in [-0.3, -0.25) is 4.21 Å².